The molecule has 6 nitrogen and oxygen atoms in total. The van der Waals surface area contributed by atoms with Crippen molar-refractivity contribution in [3.63, 3.8) is 0 Å². The number of benzene rings is 3. The highest BCUT2D eigenvalue weighted by Crippen LogP contribution is 2.27. The predicted molar refractivity (Wildman–Crippen MR) is 127 cm³/mol. The van der Waals surface area contributed by atoms with Crippen molar-refractivity contribution in [2.45, 2.75) is 20.0 Å². The monoisotopic (exact) mass is 469 g/mol. The lowest BCUT2D eigenvalue weighted by Crippen LogP contribution is -2.32. The van der Waals surface area contributed by atoms with Crippen LogP contribution in [0.5, 0.6) is 5.75 Å². The molecular formula is C24H21Cl2N3O3. The van der Waals surface area contributed by atoms with Gasteiger partial charge >= 0.3 is 11.8 Å². The minimum atomic E-state index is -0.877. The van der Waals surface area contributed by atoms with Crippen molar-refractivity contribution in [1.82, 2.24) is 5.43 Å². The molecule has 0 aliphatic rings. The van der Waals surface area contributed by atoms with Crippen LogP contribution in [0.1, 0.15) is 23.6 Å². The van der Waals surface area contributed by atoms with Gasteiger partial charge in [-0.2, -0.15) is 5.10 Å². The molecule has 3 rings (SSSR count). The van der Waals surface area contributed by atoms with Crippen LogP contribution >= 0.6 is 23.2 Å². The van der Waals surface area contributed by atoms with Crippen LogP contribution in [0.25, 0.3) is 0 Å². The quantitative estimate of drug-likeness (QED) is 0.282. The number of anilines is 1. The summed E-state index contributed by atoms with van der Waals surface area (Å²) in [6, 6.07) is 19.7. The Bertz CT molecular complexity index is 1150. The lowest BCUT2D eigenvalue weighted by atomic mass is 10.1. The molecule has 0 unspecified atom stereocenters. The number of nitrogens with zero attached hydrogens (tertiary/aromatic N) is 1. The van der Waals surface area contributed by atoms with Gasteiger partial charge in [-0.25, -0.2) is 5.43 Å². The predicted octanol–water partition coefficient (Wildman–Crippen LogP) is 5.22. The molecule has 0 spiro atoms. The summed E-state index contributed by atoms with van der Waals surface area (Å²) in [6.07, 6.45) is 2.12. The number of rotatable bonds is 7. The number of carbonyl (C=O) groups excluding carboxylic acids is 2. The Labute approximate surface area is 196 Å². The highest BCUT2D eigenvalue weighted by molar-refractivity contribution is 6.39. The first-order chi connectivity index (χ1) is 15.5. The topological polar surface area (TPSA) is 79.8 Å². The number of hydrogen-bond acceptors (Lipinski definition) is 4. The minimum absolute atomic E-state index is 0.277. The molecule has 0 aliphatic heterocycles. The molecule has 164 valence electrons. The average molecular weight is 470 g/mol. The molecule has 3 aromatic carbocycles. The van der Waals surface area contributed by atoms with Gasteiger partial charge in [0.2, 0.25) is 0 Å². The second-order valence-electron chi connectivity index (χ2n) is 6.73. The summed E-state index contributed by atoms with van der Waals surface area (Å²) in [5.74, 6) is -1.19. The van der Waals surface area contributed by atoms with Crippen LogP contribution in [-0.4, -0.2) is 18.0 Å². The lowest BCUT2D eigenvalue weighted by Gasteiger charge is -2.10. The van der Waals surface area contributed by atoms with Crippen molar-refractivity contribution >= 4 is 46.9 Å². The Morgan fingerprint density at radius 3 is 2.38 bits per heavy atom. The Morgan fingerprint density at radius 1 is 0.938 bits per heavy atom. The fourth-order valence-electron chi connectivity index (χ4n) is 2.83. The molecule has 2 amide bonds. The zero-order valence-corrected chi connectivity index (χ0v) is 18.8. The number of nitrogens with one attached hydrogen (secondary N) is 2. The van der Waals surface area contributed by atoms with Crippen molar-refractivity contribution < 1.29 is 14.3 Å². The highest BCUT2D eigenvalue weighted by Gasteiger charge is 2.14. The second-order valence-corrected chi connectivity index (χ2v) is 7.55. The summed E-state index contributed by atoms with van der Waals surface area (Å²) in [6.45, 7) is 2.24. The summed E-state index contributed by atoms with van der Waals surface area (Å²) in [4.78, 5) is 24.1. The smallest absolute Gasteiger partial charge is 0.329 e. The molecule has 0 saturated carbocycles. The molecular weight excluding hydrogens is 449 g/mol. The fourth-order valence-corrected chi connectivity index (χ4v) is 3.27. The maximum atomic E-state index is 12.1. The lowest BCUT2D eigenvalue weighted by molar-refractivity contribution is -0.136. The van der Waals surface area contributed by atoms with Crippen molar-refractivity contribution in [3.8, 4) is 5.75 Å². The molecule has 2 N–H and O–H groups in total. The van der Waals surface area contributed by atoms with Gasteiger partial charge in [-0.1, -0.05) is 66.5 Å². The SMILES string of the molecule is CCc1ccccc1NC(=O)C(=O)N/N=C\c1ccc(OCc2ccccc2Cl)c(Cl)c1. The minimum Gasteiger partial charge on any atom is -0.487 e. The van der Waals surface area contributed by atoms with E-state index in [0.717, 1.165) is 17.5 Å². The number of hydrazone groups is 1. The highest BCUT2D eigenvalue weighted by atomic mass is 35.5. The van der Waals surface area contributed by atoms with Crippen LogP contribution in [0.4, 0.5) is 5.69 Å². The Kier molecular flexibility index (Phi) is 8.25. The van der Waals surface area contributed by atoms with E-state index in [4.69, 9.17) is 27.9 Å². The van der Waals surface area contributed by atoms with E-state index < -0.39 is 11.8 Å². The van der Waals surface area contributed by atoms with Gasteiger partial charge in [0.1, 0.15) is 12.4 Å². The van der Waals surface area contributed by atoms with Crippen LogP contribution in [0, 0.1) is 0 Å². The standard InChI is InChI=1S/C24H21Cl2N3O3/c1-2-17-7-4-6-10-21(17)28-23(30)24(31)29-27-14-16-11-12-22(20(26)13-16)32-15-18-8-3-5-9-19(18)25/h3-14H,2,15H2,1H3,(H,28,30)(H,29,31)/b27-14-. The van der Waals surface area contributed by atoms with Crippen LogP contribution < -0.4 is 15.5 Å². The third kappa shape index (κ3) is 6.33. The fraction of sp³-hybridized carbons (Fsp3) is 0.125. The maximum Gasteiger partial charge on any atom is 0.329 e. The Hall–Kier alpha value is -3.35. The zero-order chi connectivity index (χ0) is 22.9. The molecule has 0 aromatic heterocycles. The Morgan fingerprint density at radius 2 is 1.66 bits per heavy atom. The third-order valence-corrected chi connectivity index (χ3v) is 5.19. The number of hydrogen-bond donors (Lipinski definition) is 2. The first kappa shape index (κ1) is 23.3. The number of aryl methyl sites for hydroxylation is 1. The molecule has 8 heteroatoms. The van der Waals surface area contributed by atoms with Gasteiger partial charge in [0.15, 0.2) is 0 Å². The molecule has 0 radical (unpaired) electrons. The van der Waals surface area contributed by atoms with Crippen LogP contribution in [0.3, 0.4) is 0 Å². The van der Waals surface area contributed by atoms with E-state index in [1.165, 1.54) is 6.21 Å². The largest absolute Gasteiger partial charge is 0.487 e. The molecule has 0 saturated heterocycles. The maximum absolute atomic E-state index is 12.1. The number of halogens is 2. The van der Waals surface area contributed by atoms with Crippen LogP contribution in [0.2, 0.25) is 10.0 Å². The molecule has 0 atom stereocenters. The van der Waals surface area contributed by atoms with Crippen LogP contribution in [-0.2, 0) is 22.6 Å². The third-order valence-electron chi connectivity index (χ3n) is 4.53. The number of amides is 2. The zero-order valence-electron chi connectivity index (χ0n) is 17.3. The number of carbonyl (C=O) groups is 2. The molecule has 0 heterocycles. The van der Waals surface area contributed by atoms with E-state index in [1.807, 2.05) is 37.3 Å². The summed E-state index contributed by atoms with van der Waals surface area (Å²) >= 11 is 12.4. The van der Waals surface area contributed by atoms with Crippen molar-refractivity contribution in [2.75, 3.05) is 5.32 Å². The number of para-hydroxylation sites is 1. The van der Waals surface area contributed by atoms with E-state index >= 15 is 0 Å². The molecule has 0 bridgehead atoms. The molecule has 0 fully saturated rings. The van der Waals surface area contributed by atoms with Gasteiger partial charge in [0.25, 0.3) is 0 Å². The van der Waals surface area contributed by atoms with Gasteiger partial charge in [-0.15, -0.1) is 0 Å². The van der Waals surface area contributed by atoms with Crippen molar-refractivity contribution in [3.05, 3.63) is 93.5 Å². The van der Waals surface area contributed by atoms with E-state index in [2.05, 4.69) is 15.8 Å². The van der Waals surface area contributed by atoms with Gasteiger partial charge in [0.05, 0.1) is 11.2 Å². The first-order valence-electron chi connectivity index (χ1n) is 9.86. The molecule has 32 heavy (non-hydrogen) atoms. The first-order valence-corrected chi connectivity index (χ1v) is 10.6. The van der Waals surface area contributed by atoms with Gasteiger partial charge in [-0.3, -0.25) is 9.59 Å². The summed E-state index contributed by atoms with van der Waals surface area (Å²) in [7, 11) is 0. The summed E-state index contributed by atoms with van der Waals surface area (Å²) < 4.78 is 5.72. The molecule has 0 aliphatic carbocycles. The van der Waals surface area contributed by atoms with Crippen molar-refractivity contribution in [2.24, 2.45) is 5.10 Å². The second kappa shape index (κ2) is 11.3. The van der Waals surface area contributed by atoms with Crippen molar-refractivity contribution in [1.29, 1.82) is 0 Å². The molecule has 3 aromatic rings. The van der Waals surface area contributed by atoms with E-state index in [-0.39, 0.29) is 6.61 Å². The van der Waals surface area contributed by atoms with Crippen LogP contribution in [0.15, 0.2) is 71.8 Å². The summed E-state index contributed by atoms with van der Waals surface area (Å²) in [5.41, 5.74) is 5.20. The normalized spacial score (nSPS) is 10.7. The average Bonchev–Trinajstić information content (AvgIpc) is 2.79. The van der Waals surface area contributed by atoms with E-state index in [9.17, 15) is 9.59 Å². The summed E-state index contributed by atoms with van der Waals surface area (Å²) in [5, 5.41) is 7.40. The van der Waals surface area contributed by atoms with Gasteiger partial charge in [-0.05, 0) is 47.9 Å². The Balaban J connectivity index is 1.54. The van der Waals surface area contributed by atoms with E-state index in [1.54, 1.807) is 36.4 Å². The number of ether oxygens (including phenoxy) is 1. The van der Waals surface area contributed by atoms with E-state index in [0.29, 0.717) is 27.0 Å². The van der Waals surface area contributed by atoms with Gasteiger partial charge in [0, 0.05) is 16.3 Å². The van der Waals surface area contributed by atoms with Gasteiger partial charge < -0.3 is 10.1 Å².